The van der Waals surface area contributed by atoms with Crippen LogP contribution in [0.15, 0.2) is 97.1 Å². The first-order chi connectivity index (χ1) is 17.5. The minimum Gasteiger partial charge on any atom is -0.484 e. The predicted octanol–water partition coefficient (Wildman–Crippen LogP) is 6.01. The molecular formula is C30H28N2O4. The van der Waals surface area contributed by atoms with E-state index in [4.69, 9.17) is 9.47 Å². The van der Waals surface area contributed by atoms with Crippen LogP contribution in [0, 0.1) is 13.8 Å². The zero-order valence-corrected chi connectivity index (χ0v) is 20.3. The molecule has 0 bridgehead atoms. The Hall–Kier alpha value is -4.58. The van der Waals surface area contributed by atoms with Crippen LogP contribution in [-0.4, -0.2) is 25.0 Å². The largest absolute Gasteiger partial charge is 0.484 e. The number of amides is 2. The summed E-state index contributed by atoms with van der Waals surface area (Å²) >= 11 is 0. The van der Waals surface area contributed by atoms with E-state index < -0.39 is 0 Å². The number of ether oxygens (including phenoxy) is 2. The summed E-state index contributed by atoms with van der Waals surface area (Å²) < 4.78 is 11.0. The van der Waals surface area contributed by atoms with Crippen LogP contribution in [0.5, 0.6) is 11.5 Å². The maximum absolute atomic E-state index is 12.3. The normalized spacial score (nSPS) is 10.4. The van der Waals surface area contributed by atoms with E-state index in [0.717, 1.165) is 33.6 Å². The summed E-state index contributed by atoms with van der Waals surface area (Å²) in [6.45, 7) is 3.78. The van der Waals surface area contributed by atoms with Crippen molar-refractivity contribution in [1.29, 1.82) is 0 Å². The number of para-hydroxylation sites is 2. The van der Waals surface area contributed by atoms with Crippen LogP contribution in [0.4, 0.5) is 11.4 Å². The monoisotopic (exact) mass is 480 g/mol. The van der Waals surface area contributed by atoms with Crippen LogP contribution in [0.1, 0.15) is 11.1 Å². The first-order valence-corrected chi connectivity index (χ1v) is 11.6. The van der Waals surface area contributed by atoms with E-state index >= 15 is 0 Å². The van der Waals surface area contributed by atoms with Crippen molar-refractivity contribution in [3.05, 3.63) is 108 Å². The van der Waals surface area contributed by atoms with Crippen LogP contribution in [0.25, 0.3) is 11.1 Å². The van der Waals surface area contributed by atoms with Crippen molar-refractivity contribution in [3.63, 3.8) is 0 Å². The molecule has 6 heteroatoms. The van der Waals surface area contributed by atoms with Gasteiger partial charge >= 0.3 is 0 Å². The maximum atomic E-state index is 12.3. The first-order valence-electron chi connectivity index (χ1n) is 11.6. The average molecular weight is 481 g/mol. The molecule has 0 aliphatic heterocycles. The lowest BCUT2D eigenvalue weighted by Crippen LogP contribution is -2.20. The van der Waals surface area contributed by atoms with Gasteiger partial charge in [0.15, 0.2) is 13.2 Å². The van der Waals surface area contributed by atoms with Gasteiger partial charge in [0.25, 0.3) is 11.8 Å². The van der Waals surface area contributed by atoms with Gasteiger partial charge in [0, 0.05) is 11.4 Å². The molecular weight excluding hydrogens is 452 g/mol. The van der Waals surface area contributed by atoms with Gasteiger partial charge in [-0.1, -0.05) is 48.5 Å². The quantitative estimate of drug-likeness (QED) is 0.308. The summed E-state index contributed by atoms with van der Waals surface area (Å²) in [4.78, 5) is 24.6. The summed E-state index contributed by atoms with van der Waals surface area (Å²) in [6, 6.07) is 30.2. The third kappa shape index (κ3) is 6.73. The second-order valence-corrected chi connectivity index (χ2v) is 8.36. The third-order valence-corrected chi connectivity index (χ3v) is 5.56. The Morgan fingerprint density at radius 3 is 1.33 bits per heavy atom. The molecule has 0 unspecified atom stereocenters. The molecule has 4 aromatic carbocycles. The predicted molar refractivity (Wildman–Crippen MR) is 142 cm³/mol. The van der Waals surface area contributed by atoms with Gasteiger partial charge in [-0.3, -0.25) is 9.59 Å². The number of benzene rings is 4. The van der Waals surface area contributed by atoms with Gasteiger partial charge in [0.1, 0.15) is 11.5 Å². The smallest absolute Gasteiger partial charge is 0.262 e. The van der Waals surface area contributed by atoms with Crippen LogP contribution < -0.4 is 20.1 Å². The molecule has 6 nitrogen and oxygen atoms in total. The Morgan fingerprint density at radius 2 is 0.972 bits per heavy atom. The summed E-state index contributed by atoms with van der Waals surface area (Å²) in [5.74, 6) is 0.862. The lowest BCUT2D eigenvalue weighted by atomic mass is 10.00. The number of nitrogens with one attached hydrogen (secondary N) is 2. The van der Waals surface area contributed by atoms with Crippen molar-refractivity contribution in [2.75, 3.05) is 23.8 Å². The zero-order chi connectivity index (χ0) is 25.3. The number of carbonyl (C=O) groups is 2. The van der Waals surface area contributed by atoms with Crippen LogP contribution >= 0.6 is 0 Å². The van der Waals surface area contributed by atoms with Gasteiger partial charge in [0.2, 0.25) is 0 Å². The Labute approximate surface area is 210 Å². The van der Waals surface area contributed by atoms with Gasteiger partial charge in [-0.2, -0.15) is 0 Å². The van der Waals surface area contributed by atoms with E-state index in [2.05, 4.69) is 10.6 Å². The maximum Gasteiger partial charge on any atom is 0.262 e. The topological polar surface area (TPSA) is 76.7 Å². The average Bonchev–Trinajstić information content (AvgIpc) is 2.90. The van der Waals surface area contributed by atoms with Crippen LogP contribution in [0.2, 0.25) is 0 Å². The molecule has 0 saturated carbocycles. The molecule has 0 aliphatic rings. The molecule has 182 valence electrons. The van der Waals surface area contributed by atoms with Gasteiger partial charge in [0.05, 0.1) is 0 Å². The molecule has 0 fully saturated rings. The van der Waals surface area contributed by atoms with E-state index in [-0.39, 0.29) is 25.0 Å². The molecule has 0 atom stereocenters. The molecule has 0 aromatic heterocycles. The highest BCUT2D eigenvalue weighted by atomic mass is 16.5. The molecule has 2 N–H and O–H groups in total. The van der Waals surface area contributed by atoms with Crippen molar-refractivity contribution in [1.82, 2.24) is 0 Å². The summed E-state index contributed by atoms with van der Waals surface area (Å²) in [5.41, 5.74) is 5.38. The van der Waals surface area contributed by atoms with E-state index in [0.29, 0.717) is 11.5 Å². The standard InChI is InChI=1S/C30H28N2O4/c1-21-17-23(13-15-27(21)31-29(33)19-35-25-9-5-3-6-10-25)24-14-16-28(22(2)18-24)32-30(34)20-36-26-11-7-4-8-12-26/h3-18H,19-20H2,1-2H3,(H,31,33)(H,32,34). The number of anilines is 2. The summed E-state index contributed by atoms with van der Waals surface area (Å²) in [7, 11) is 0. The fourth-order valence-electron chi connectivity index (χ4n) is 3.67. The summed E-state index contributed by atoms with van der Waals surface area (Å²) in [5, 5.41) is 5.80. The zero-order valence-electron chi connectivity index (χ0n) is 20.3. The number of rotatable bonds is 9. The van der Waals surface area contributed by atoms with E-state index in [9.17, 15) is 9.59 Å². The second kappa shape index (κ2) is 11.7. The highest BCUT2D eigenvalue weighted by Crippen LogP contribution is 2.28. The van der Waals surface area contributed by atoms with Crippen molar-refractivity contribution in [3.8, 4) is 22.6 Å². The molecule has 0 saturated heterocycles. The van der Waals surface area contributed by atoms with E-state index in [1.54, 1.807) is 0 Å². The molecule has 4 rings (SSSR count). The summed E-state index contributed by atoms with van der Waals surface area (Å²) in [6.07, 6.45) is 0. The fourth-order valence-corrected chi connectivity index (χ4v) is 3.67. The fraction of sp³-hybridized carbons (Fsp3) is 0.133. The Kier molecular flexibility index (Phi) is 7.98. The van der Waals surface area contributed by atoms with Crippen LogP contribution in [0.3, 0.4) is 0 Å². The van der Waals surface area contributed by atoms with Gasteiger partial charge < -0.3 is 20.1 Å². The molecule has 0 radical (unpaired) electrons. The Bertz CT molecular complexity index is 1230. The molecule has 4 aromatic rings. The molecule has 0 heterocycles. The van der Waals surface area contributed by atoms with Crippen molar-refractivity contribution < 1.29 is 19.1 Å². The Balaban J connectivity index is 1.34. The van der Waals surface area contributed by atoms with Gasteiger partial charge in [-0.25, -0.2) is 0 Å². The number of hydrogen-bond donors (Lipinski definition) is 2. The Morgan fingerprint density at radius 1 is 0.583 bits per heavy atom. The molecule has 36 heavy (non-hydrogen) atoms. The van der Waals surface area contributed by atoms with Crippen molar-refractivity contribution in [2.45, 2.75) is 13.8 Å². The van der Waals surface area contributed by atoms with Gasteiger partial charge in [-0.05, 0) is 84.6 Å². The lowest BCUT2D eigenvalue weighted by Gasteiger charge is -2.13. The SMILES string of the molecule is Cc1cc(-c2ccc(NC(=O)COc3ccccc3)c(C)c2)ccc1NC(=O)COc1ccccc1. The number of carbonyl (C=O) groups excluding carboxylic acids is 2. The van der Waals surface area contributed by atoms with Crippen molar-refractivity contribution >= 4 is 23.2 Å². The molecule has 0 spiro atoms. The highest BCUT2D eigenvalue weighted by molar-refractivity contribution is 5.94. The minimum absolute atomic E-state index is 0.0615. The van der Waals surface area contributed by atoms with E-state index in [1.807, 2.05) is 111 Å². The number of hydrogen-bond acceptors (Lipinski definition) is 4. The molecule has 2 amide bonds. The number of aryl methyl sites for hydroxylation is 2. The van der Waals surface area contributed by atoms with Gasteiger partial charge in [-0.15, -0.1) is 0 Å². The highest BCUT2D eigenvalue weighted by Gasteiger charge is 2.10. The lowest BCUT2D eigenvalue weighted by molar-refractivity contribution is -0.118. The second-order valence-electron chi connectivity index (χ2n) is 8.36. The first kappa shape index (κ1) is 24.5. The van der Waals surface area contributed by atoms with Crippen LogP contribution in [-0.2, 0) is 9.59 Å². The molecule has 0 aliphatic carbocycles. The van der Waals surface area contributed by atoms with Crippen molar-refractivity contribution in [2.24, 2.45) is 0 Å². The van der Waals surface area contributed by atoms with E-state index in [1.165, 1.54) is 0 Å². The minimum atomic E-state index is -0.220. The third-order valence-electron chi connectivity index (χ3n) is 5.56.